The first kappa shape index (κ1) is 9.40. The van der Waals surface area contributed by atoms with Crippen molar-refractivity contribution in [3.63, 3.8) is 0 Å². The van der Waals surface area contributed by atoms with Crippen LogP contribution in [0, 0.1) is 0 Å². The number of anilines is 1. The molecule has 0 radical (unpaired) electrons. The van der Waals surface area contributed by atoms with Crippen LogP contribution in [0.25, 0.3) is 0 Å². The molecule has 0 spiro atoms. The maximum absolute atomic E-state index is 5.64. The Bertz CT molecular complexity index is 294. The summed E-state index contributed by atoms with van der Waals surface area (Å²) in [6.07, 6.45) is 6.36. The molecule has 1 aliphatic heterocycles. The number of nitrogens with two attached hydrogens (primary N) is 1. The highest BCUT2D eigenvalue weighted by Gasteiger charge is 2.13. The van der Waals surface area contributed by atoms with E-state index < -0.39 is 0 Å². The van der Waals surface area contributed by atoms with Crippen LogP contribution < -0.4 is 11.1 Å². The molecule has 0 aromatic carbocycles. The van der Waals surface area contributed by atoms with Gasteiger partial charge in [0, 0.05) is 12.5 Å². The fraction of sp³-hybridized carbons (Fsp3) is 0.600. The summed E-state index contributed by atoms with van der Waals surface area (Å²) in [7, 11) is 0. The van der Waals surface area contributed by atoms with Crippen LogP contribution in [0.15, 0.2) is 12.3 Å². The van der Waals surface area contributed by atoms with Crippen molar-refractivity contribution in [2.45, 2.75) is 31.7 Å². The molecule has 1 saturated heterocycles. The third-order valence-corrected chi connectivity index (χ3v) is 2.59. The van der Waals surface area contributed by atoms with Gasteiger partial charge in [0.05, 0.1) is 17.6 Å². The number of piperidine rings is 1. The fourth-order valence-electron chi connectivity index (χ4n) is 1.88. The number of nitrogens with one attached hydrogen (secondary N) is 1. The average molecular weight is 192 g/mol. The summed E-state index contributed by atoms with van der Waals surface area (Å²) in [5, 5.41) is 11.4. The molecule has 14 heavy (non-hydrogen) atoms. The smallest absolute Gasteiger partial charge is 0.0726 e. The Morgan fingerprint density at radius 2 is 2.43 bits per heavy atom. The molecule has 1 aliphatic rings. The highest BCUT2D eigenvalue weighted by molar-refractivity contribution is 5.34. The Morgan fingerprint density at radius 3 is 3.14 bits per heavy atom. The lowest BCUT2D eigenvalue weighted by molar-refractivity contribution is 0.396. The van der Waals surface area contributed by atoms with E-state index in [-0.39, 0.29) is 0 Å². The maximum Gasteiger partial charge on any atom is 0.0726 e. The van der Waals surface area contributed by atoms with Crippen LogP contribution in [0.2, 0.25) is 0 Å². The van der Waals surface area contributed by atoms with E-state index in [1.165, 1.54) is 19.3 Å². The molecule has 1 fully saturated rings. The zero-order chi connectivity index (χ0) is 9.80. The number of hydrogen-bond donors (Lipinski definition) is 2. The normalized spacial score (nSPS) is 22.1. The standard InChI is InChI=1S/C10H16N4/c11-8-5-10(14-13-7-8)6-9-3-1-2-4-12-9/h5,7,9,12H,1-4,6H2,(H2,11,14). The van der Waals surface area contributed by atoms with E-state index in [0.29, 0.717) is 11.7 Å². The Hall–Kier alpha value is -1.16. The van der Waals surface area contributed by atoms with Crippen LogP contribution in [0.3, 0.4) is 0 Å². The summed E-state index contributed by atoms with van der Waals surface area (Å²) in [5.74, 6) is 0. The zero-order valence-corrected chi connectivity index (χ0v) is 8.24. The van der Waals surface area contributed by atoms with Gasteiger partial charge in [0.25, 0.3) is 0 Å². The molecule has 2 rings (SSSR count). The Labute approximate surface area is 83.9 Å². The number of hydrogen-bond acceptors (Lipinski definition) is 4. The molecule has 3 N–H and O–H groups in total. The quantitative estimate of drug-likeness (QED) is 0.725. The largest absolute Gasteiger partial charge is 0.397 e. The molecule has 1 aromatic heterocycles. The molecule has 1 atom stereocenters. The Morgan fingerprint density at radius 1 is 1.50 bits per heavy atom. The molecule has 2 heterocycles. The van der Waals surface area contributed by atoms with Crippen molar-refractivity contribution in [2.24, 2.45) is 0 Å². The van der Waals surface area contributed by atoms with E-state index >= 15 is 0 Å². The lowest BCUT2D eigenvalue weighted by Gasteiger charge is -2.22. The lowest BCUT2D eigenvalue weighted by atomic mass is 10.0. The minimum absolute atomic E-state index is 0.555. The van der Waals surface area contributed by atoms with Crippen LogP contribution in [-0.4, -0.2) is 22.8 Å². The summed E-state index contributed by atoms with van der Waals surface area (Å²) in [4.78, 5) is 0. The van der Waals surface area contributed by atoms with E-state index in [2.05, 4.69) is 15.5 Å². The molecule has 4 nitrogen and oxygen atoms in total. The summed E-state index contributed by atoms with van der Waals surface area (Å²) >= 11 is 0. The molecule has 1 unspecified atom stereocenters. The van der Waals surface area contributed by atoms with Crippen molar-refractivity contribution in [3.05, 3.63) is 18.0 Å². The van der Waals surface area contributed by atoms with Gasteiger partial charge in [-0.2, -0.15) is 10.2 Å². The van der Waals surface area contributed by atoms with E-state index in [1.807, 2.05) is 6.07 Å². The van der Waals surface area contributed by atoms with Gasteiger partial charge in [0.1, 0.15) is 0 Å². The van der Waals surface area contributed by atoms with Crippen LogP contribution in [-0.2, 0) is 6.42 Å². The maximum atomic E-state index is 5.64. The molecule has 0 bridgehead atoms. The predicted octanol–water partition coefficient (Wildman–Crippen LogP) is 0.743. The van der Waals surface area contributed by atoms with Crippen molar-refractivity contribution < 1.29 is 0 Å². The minimum Gasteiger partial charge on any atom is -0.397 e. The number of nitrogen functional groups attached to an aromatic ring is 1. The summed E-state index contributed by atoms with van der Waals surface area (Å²) in [6, 6.07) is 2.46. The average Bonchev–Trinajstić information content (AvgIpc) is 2.19. The Kier molecular flexibility index (Phi) is 2.93. The van der Waals surface area contributed by atoms with E-state index in [4.69, 9.17) is 5.73 Å². The third-order valence-electron chi connectivity index (χ3n) is 2.59. The molecule has 1 aromatic rings. The number of aromatic nitrogens is 2. The molecule has 4 heteroatoms. The first-order chi connectivity index (χ1) is 6.84. The van der Waals surface area contributed by atoms with Crippen molar-refractivity contribution in [2.75, 3.05) is 12.3 Å². The van der Waals surface area contributed by atoms with Crippen molar-refractivity contribution >= 4 is 5.69 Å². The van der Waals surface area contributed by atoms with E-state index in [0.717, 1.165) is 18.7 Å². The number of rotatable bonds is 2. The van der Waals surface area contributed by atoms with Gasteiger partial charge in [-0.05, 0) is 25.5 Å². The molecule has 76 valence electrons. The van der Waals surface area contributed by atoms with Gasteiger partial charge >= 0.3 is 0 Å². The first-order valence-electron chi connectivity index (χ1n) is 5.15. The summed E-state index contributed by atoms with van der Waals surface area (Å²) in [6.45, 7) is 1.13. The second-order valence-electron chi connectivity index (χ2n) is 3.83. The minimum atomic E-state index is 0.555. The van der Waals surface area contributed by atoms with Gasteiger partial charge in [0.2, 0.25) is 0 Å². The second-order valence-corrected chi connectivity index (χ2v) is 3.83. The highest BCUT2D eigenvalue weighted by atomic mass is 15.1. The van der Waals surface area contributed by atoms with Gasteiger partial charge in [-0.15, -0.1) is 0 Å². The van der Waals surface area contributed by atoms with Crippen molar-refractivity contribution in [1.82, 2.24) is 15.5 Å². The van der Waals surface area contributed by atoms with Gasteiger partial charge in [-0.1, -0.05) is 6.42 Å². The lowest BCUT2D eigenvalue weighted by Crippen LogP contribution is -2.35. The van der Waals surface area contributed by atoms with Gasteiger partial charge in [-0.25, -0.2) is 0 Å². The third kappa shape index (κ3) is 2.42. The van der Waals surface area contributed by atoms with Gasteiger partial charge < -0.3 is 11.1 Å². The molecular weight excluding hydrogens is 176 g/mol. The summed E-state index contributed by atoms with van der Waals surface area (Å²) < 4.78 is 0. The second kappa shape index (κ2) is 4.37. The topological polar surface area (TPSA) is 63.8 Å². The summed E-state index contributed by atoms with van der Waals surface area (Å²) in [5.41, 5.74) is 7.33. The highest BCUT2D eigenvalue weighted by Crippen LogP contribution is 2.12. The first-order valence-corrected chi connectivity index (χ1v) is 5.15. The van der Waals surface area contributed by atoms with Crippen molar-refractivity contribution in [3.8, 4) is 0 Å². The van der Waals surface area contributed by atoms with E-state index in [1.54, 1.807) is 6.20 Å². The predicted molar refractivity (Wildman–Crippen MR) is 55.8 cm³/mol. The Balaban J connectivity index is 1.95. The van der Waals surface area contributed by atoms with Crippen LogP contribution in [0.4, 0.5) is 5.69 Å². The van der Waals surface area contributed by atoms with E-state index in [9.17, 15) is 0 Å². The fourth-order valence-corrected chi connectivity index (χ4v) is 1.88. The van der Waals surface area contributed by atoms with Gasteiger partial charge in [-0.3, -0.25) is 0 Å². The van der Waals surface area contributed by atoms with Crippen LogP contribution in [0.5, 0.6) is 0 Å². The zero-order valence-electron chi connectivity index (χ0n) is 8.24. The molecule has 0 aliphatic carbocycles. The van der Waals surface area contributed by atoms with Gasteiger partial charge in [0.15, 0.2) is 0 Å². The SMILES string of the molecule is Nc1cnnc(CC2CCCCN2)c1. The van der Waals surface area contributed by atoms with Crippen LogP contribution in [0.1, 0.15) is 25.0 Å². The number of nitrogens with zero attached hydrogens (tertiary/aromatic N) is 2. The molecule has 0 amide bonds. The van der Waals surface area contributed by atoms with Crippen LogP contribution >= 0.6 is 0 Å². The monoisotopic (exact) mass is 192 g/mol. The molecular formula is C10H16N4. The molecule has 0 saturated carbocycles. The van der Waals surface area contributed by atoms with Crippen molar-refractivity contribution in [1.29, 1.82) is 0 Å².